The van der Waals surface area contributed by atoms with Crippen LogP contribution >= 0.6 is 0 Å². The SMILES string of the molecule is C[C@H](CO)NC(=O)[C@H]1Cc2ccccc2CN1. The highest BCUT2D eigenvalue weighted by molar-refractivity contribution is 5.82. The molecule has 1 aromatic carbocycles. The molecule has 3 N–H and O–H groups in total. The van der Waals surface area contributed by atoms with Crippen molar-refractivity contribution in [3.8, 4) is 0 Å². The minimum Gasteiger partial charge on any atom is -0.394 e. The maximum absolute atomic E-state index is 11.9. The average Bonchev–Trinajstić information content (AvgIpc) is 2.38. The van der Waals surface area contributed by atoms with Crippen LogP contribution in [-0.4, -0.2) is 29.7 Å². The Hall–Kier alpha value is -1.39. The number of aliphatic hydroxyl groups excluding tert-OH is 1. The van der Waals surface area contributed by atoms with Crippen LogP contribution in [0.1, 0.15) is 18.1 Å². The van der Waals surface area contributed by atoms with Crippen LogP contribution in [0.15, 0.2) is 24.3 Å². The fraction of sp³-hybridized carbons (Fsp3) is 0.462. The molecule has 0 unspecified atom stereocenters. The molecule has 0 aromatic heterocycles. The number of amides is 1. The minimum atomic E-state index is -0.195. The van der Waals surface area contributed by atoms with E-state index in [0.29, 0.717) is 6.42 Å². The summed E-state index contributed by atoms with van der Waals surface area (Å²) in [6, 6.07) is 7.75. The second-order valence-electron chi connectivity index (χ2n) is 4.50. The molecule has 0 spiro atoms. The van der Waals surface area contributed by atoms with Gasteiger partial charge in [-0.2, -0.15) is 0 Å². The summed E-state index contributed by atoms with van der Waals surface area (Å²) in [6.45, 7) is 2.48. The van der Waals surface area contributed by atoms with Crippen LogP contribution in [0.3, 0.4) is 0 Å². The van der Waals surface area contributed by atoms with E-state index in [1.54, 1.807) is 6.92 Å². The van der Waals surface area contributed by atoms with Gasteiger partial charge in [0.1, 0.15) is 0 Å². The largest absolute Gasteiger partial charge is 0.394 e. The molecule has 1 heterocycles. The standard InChI is InChI=1S/C13H18N2O2/c1-9(8-16)15-13(17)12-6-10-4-2-3-5-11(10)7-14-12/h2-5,9,12,14,16H,6-8H2,1H3,(H,15,17)/t9-,12-/m1/s1. The first-order valence-corrected chi connectivity index (χ1v) is 5.92. The van der Waals surface area contributed by atoms with E-state index in [0.717, 1.165) is 6.54 Å². The summed E-state index contributed by atoms with van der Waals surface area (Å²) < 4.78 is 0. The van der Waals surface area contributed by atoms with E-state index >= 15 is 0 Å². The highest BCUT2D eigenvalue weighted by Gasteiger charge is 2.24. The number of hydrogen-bond acceptors (Lipinski definition) is 3. The van der Waals surface area contributed by atoms with Crippen LogP contribution in [0.4, 0.5) is 0 Å². The zero-order chi connectivity index (χ0) is 12.3. The van der Waals surface area contributed by atoms with Crippen molar-refractivity contribution in [3.63, 3.8) is 0 Å². The van der Waals surface area contributed by atoms with Crippen molar-refractivity contribution in [1.82, 2.24) is 10.6 Å². The highest BCUT2D eigenvalue weighted by atomic mass is 16.3. The number of fused-ring (bicyclic) bond motifs is 1. The lowest BCUT2D eigenvalue weighted by Crippen LogP contribution is -2.50. The Bertz CT molecular complexity index is 406. The van der Waals surface area contributed by atoms with Crippen LogP contribution in [0.2, 0.25) is 0 Å². The summed E-state index contributed by atoms with van der Waals surface area (Å²) in [6.07, 6.45) is 0.708. The van der Waals surface area contributed by atoms with Gasteiger partial charge in [0.15, 0.2) is 0 Å². The topological polar surface area (TPSA) is 61.4 Å². The third-order valence-corrected chi connectivity index (χ3v) is 3.06. The molecule has 1 amide bonds. The molecule has 0 bridgehead atoms. The van der Waals surface area contributed by atoms with E-state index in [1.807, 2.05) is 12.1 Å². The highest BCUT2D eigenvalue weighted by Crippen LogP contribution is 2.16. The molecule has 1 aliphatic heterocycles. The molecule has 2 rings (SSSR count). The first-order chi connectivity index (χ1) is 8.20. The number of nitrogens with one attached hydrogen (secondary N) is 2. The molecular weight excluding hydrogens is 216 g/mol. The van der Waals surface area contributed by atoms with E-state index in [-0.39, 0.29) is 24.6 Å². The van der Waals surface area contributed by atoms with Crippen molar-refractivity contribution in [1.29, 1.82) is 0 Å². The number of benzene rings is 1. The molecule has 4 heteroatoms. The fourth-order valence-electron chi connectivity index (χ4n) is 2.03. The zero-order valence-corrected chi connectivity index (χ0v) is 9.94. The van der Waals surface area contributed by atoms with Gasteiger partial charge >= 0.3 is 0 Å². The molecule has 4 nitrogen and oxygen atoms in total. The minimum absolute atomic E-state index is 0.0327. The maximum Gasteiger partial charge on any atom is 0.237 e. The second kappa shape index (κ2) is 5.29. The smallest absolute Gasteiger partial charge is 0.237 e. The Balaban J connectivity index is 2.00. The molecular formula is C13H18N2O2. The lowest BCUT2D eigenvalue weighted by molar-refractivity contribution is -0.124. The lowest BCUT2D eigenvalue weighted by atomic mass is 9.95. The van der Waals surface area contributed by atoms with Crippen molar-refractivity contribution >= 4 is 5.91 Å². The monoisotopic (exact) mass is 234 g/mol. The molecule has 0 fully saturated rings. The van der Waals surface area contributed by atoms with Crippen molar-refractivity contribution < 1.29 is 9.90 Å². The Morgan fingerprint density at radius 1 is 1.53 bits per heavy atom. The van der Waals surface area contributed by atoms with Crippen LogP contribution in [0, 0.1) is 0 Å². The van der Waals surface area contributed by atoms with Gasteiger partial charge in [-0.3, -0.25) is 4.79 Å². The Morgan fingerprint density at radius 3 is 2.94 bits per heavy atom. The van der Waals surface area contributed by atoms with E-state index in [2.05, 4.69) is 22.8 Å². The predicted octanol–water partition coefficient (Wildman–Crippen LogP) is 0.198. The van der Waals surface area contributed by atoms with Gasteiger partial charge in [0.25, 0.3) is 0 Å². The summed E-state index contributed by atoms with van der Waals surface area (Å²) in [7, 11) is 0. The van der Waals surface area contributed by atoms with Crippen molar-refractivity contribution in [2.24, 2.45) is 0 Å². The van der Waals surface area contributed by atoms with Crippen molar-refractivity contribution in [2.45, 2.75) is 32.0 Å². The zero-order valence-electron chi connectivity index (χ0n) is 9.94. The van der Waals surface area contributed by atoms with Crippen molar-refractivity contribution in [3.05, 3.63) is 35.4 Å². The third kappa shape index (κ3) is 2.84. The summed E-state index contributed by atoms with van der Waals surface area (Å²) in [5, 5.41) is 14.9. The Morgan fingerprint density at radius 2 is 2.24 bits per heavy atom. The molecule has 1 aromatic rings. The van der Waals surface area contributed by atoms with Crippen LogP contribution in [-0.2, 0) is 17.8 Å². The molecule has 17 heavy (non-hydrogen) atoms. The third-order valence-electron chi connectivity index (χ3n) is 3.06. The number of hydrogen-bond donors (Lipinski definition) is 3. The van der Waals surface area contributed by atoms with Gasteiger partial charge in [-0.05, 0) is 24.5 Å². The van der Waals surface area contributed by atoms with Crippen molar-refractivity contribution in [2.75, 3.05) is 6.61 Å². The first-order valence-electron chi connectivity index (χ1n) is 5.92. The predicted molar refractivity (Wildman–Crippen MR) is 65.5 cm³/mol. The van der Waals surface area contributed by atoms with E-state index in [9.17, 15) is 4.79 Å². The number of aliphatic hydroxyl groups is 1. The van der Waals surface area contributed by atoms with Crippen LogP contribution in [0.25, 0.3) is 0 Å². The van der Waals surface area contributed by atoms with E-state index in [1.165, 1.54) is 11.1 Å². The number of rotatable bonds is 3. The van der Waals surface area contributed by atoms with Gasteiger partial charge in [0, 0.05) is 12.6 Å². The van der Waals surface area contributed by atoms with Gasteiger partial charge in [-0.1, -0.05) is 24.3 Å². The molecule has 2 atom stereocenters. The fourth-order valence-corrected chi connectivity index (χ4v) is 2.03. The summed E-state index contributed by atoms with van der Waals surface area (Å²) in [5.74, 6) is -0.0407. The first kappa shape index (κ1) is 12.1. The lowest BCUT2D eigenvalue weighted by Gasteiger charge is -2.26. The molecule has 0 saturated heterocycles. The van der Waals surface area contributed by atoms with Crippen LogP contribution in [0.5, 0.6) is 0 Å². The molecule has 0 saturated carbocycles. The van der Waals surface area contributed by atoms with Gasteiger partial charge in [-0.25, -0.2) is 0 Å². The van der Waals surface area contributed by atoms with Crippen LogP contribution < -0.4 is 10.6 Å². The second-order valence-corrected chi connectivity index (χ2v) is 4.50. The maximum atomic E-state index is 11.9. The normalized spacial score (nSPS) is 20.5. The summed E-state index contributed by atoms with van der Waals surface area (Å²) in [4.78, 5) is 11.9. The van der Waals surface area contributed by atoms with Gasteiger partial charge in [0.05, 0.1) is 12.6 Å². The van der Waals surface area contributed by atoms with Gasteiger partial charge in [0.2, 0.25) is 5.91 Å². The summed E-state index contributed by atoms with van der Waals surface area (Å²) >= 11 is 0. The van der Waals surface area contributed by atoms with E-state index in [4.69, 9.17) is 5.11 Å². The number of carbonyl (C=O) groups is 1. The van der Waals surface area contributed by atoms with Gasteiger partial charge < -0.3 is 15.7 Å². The van der Waals surface area contributed by atoms with Gasteiger partial charge in [-0.15, -0.1) is 0 Å². The average molecular weight is 234 g/mol. The summed E-state index contributed by atoms with van der Waals surface area (Å²) in [5.41, 5.74) is 2.48. The number of carbonyl (C=O) groups excluding carboxylic acids is 1. The quantitative estimate of drug-likeness (QED) is 0.700. The Kier molecular flexibility index (Phi) is 3.76. The molecule has 0 aliphatic carbocycles. The molecule has 1 aliphatic rings. The molecule has 0 radical (unpaired) electrons. The molecule has 92 valence electrons. The Labute approximate surface area is 101 Å². The van der Waals surface area contributed by atoms with E-state index < -0.39 is 0 Å².